The van der Waals surface area contributed by atoms with Crippen molar-refractivity contribution < 1.29 is 0 Å². The minimum Gasteiger partial charge on any atom is -0.315 e. The molecule has 0 unspecified atom stereocenters. The highest BCUT2D eigenvalue weighted by Gasteiger charge is 2.03. The average Bonchev–Trinajstić information content (AvgIpc) is 2.47. The molecule has 0 saturated heterocycles. The van der Waals surface area contributed by atoms with Crippen LogP contribution in [0.1, 0.15) is 11.8 Å². The Kier molecular flexibility index (Phi) is 1.96. The van der Waals surface area contributed by atoms with Gasteiger partial charge >= 0.3 is 0 Å². The lowest BCUT2D eigenvalue weighted by Crippen LogP contribution is -2.17. The molecular formula is C10H11NOS. The van der Waals surface area contributed by atoms with Gasteiger partial charge in [0.15, 0.2) is 0 Å². The summed E-state index contributed by atoms with van der Waals surface area (Å²) < 4.78 is 2.82. The van der Waals surface area contributed by atoms with Crippen LogP contribution >= 0.6 is 11.3 Å². The van der Waals surface area contributed by atoms with Crippen LogP contribution in [0.3, 0.4) is 0 Å². The van der Waals surface area contributed by atoms with Crippen molar-refractivity contribution in [3.05, 3.63) is 33.6 Å². The van der Waals surface area contributed by atoms with Gasteiger partial charge in [0.2, 0.25) is 0 Å². The maximum Gasteiger partial charge on any atom is 0.259 e. The number of nitrogens with zero attached hydrogens (tertiary/aromatic N) is 1. The molecule has 2 rings (SSSR count). The number of thiophene rings is 1. The fraction of sp³-hybridized carbons (Fsp3) is 0.300. The second-order valence-corrected chi connectivity index (χ2v) is 4.33. The molecule has 0 N–H and O–H groups in total. The van der Waals surface area contributed by atoms with Gasteiger partial charge in [-0.15, -0.1) is 11.3 Å². The van der Waals surface area contributed by atoms with Crippen LogP contribution in [-0.2, 0) is 6.54 Å². The first-order chi connectivity index (χ1) is 6.22. The number of aromatic nitrogens is 1. The lowest BCUT2D eigenvalue weighted by Gasteiger charge is -1.99. The number of aryl methyl sites for hydroxylation is 2. The zero-order chi connectivity index (χ0) is 9.42. The standard InChI is InChI=1S/C10H11NOS/c1-3-11-5-4-9-8(10(11)12)6-7(2)13-9/h4-6H,3H2,1-2H3. The Labute approximate surface area is 80.4 Å². The maximum absolute atomic E-state index is 11.7. The lowest BCUT2D eigenvalue weighted by molar-refractivity contribution is 0.735. The topological polar surface area (TPSA) is 22.0 Å². The second-order valence-electron chi connectivity index (χ2n) is 3.04. The van der Waals surface area contributed by atoms with Crippen molar-refractivity contribution in [2.24, 2.45) is 0 Å². The monoisotopic (exact) mass is 193 g/mol. The zero-order valence-electron chi connectivity index (χ0n) is 7.70. The zero-order valence-corrected chi connectivity index (χ0v) is 8.52. The van der Waals surface area contributed by atoms with Crippen molar-refractivity contribution in [3.63, 3.8) is 0 Å². The van der Waals surface area contributed by atoms with E-state index in [1.54, 1.807) is 15.9 Å². The summed E-state index contributed by atoms with van der Waals surface area (Å²) in [7, 11) is 0. The number of hydrogen-bond donors (Lipinski definition) is 0. The third-order valence-corrected chi connectivity index (χ3v) is 3.14. The summed E-state index contributed by atoms with van der Waals surface area (Å²) in [5.41, 5.74) is 0.129. The minimum absolute atomic E-state index is 0.129. The number of pyridine rings is 1. The summed E-state index contributed by atoms with van der Waals surface area (Å²) in [6.07, 6.45) is 1.86. The van der Waals surface area contributed by atoms with E-state index in [0.717, 1.165) is 16.6 Å². The van der Waals surface area contributed by atoms with Crippen molar-refractivity contribution in [3.8, 4) is 0 Å². The van der Waals surface area contributed by atoms with Crippen LogP contribution in [0.2, 0.25) is 0 Å². The molecule has 0 radical (unpaired) electrons. The summed E-state index contributed by atoms with van der Waals surface area (Å²) in [6.45, 7) is 4.75. The molecule has 0 fully saturated rings. The predicted octanol–water partition coefficient (Wildman–Crippen LogP) is 2.39. The van der Waals surface area contributed by atoms with Gasteiger partial charge in [0.25, 0.3) is 5.56 Å². The molecule has 0 amide bonds. The van der Waals surface area contributed by atoms with Crippen LogP contribution in [0, 0.1) is 6.92 Å². The number of hydrogen-bond acceptors (Lipinski definition) is 2. The SMILES string of the molecule is CCn1ccc2sc(C)cc2c1=O. The highest BCUT2D eigenvalue weighted by Crippen LogP contribution is 2.21. The molecule has 2 heterocycles. The normalized spacial score (nSPS) is 10.9. The summed E-state index contributed by atoms with van der Waals surface area (Å²) >= 11 is 1.67. The fourth-order valence-corrected chi connectivity index (χ4v) is 2.36. The van der Waals surface area contributed by atoms with E-state index in [-0.39, 0.29) is 5.56 Å². The Morgan fingerprint density at radius 3 is 3.00 bits per heavy atom. The highest BCUT2D eigenvalue weighted by atomic mass is 32.1. The Hall–Kier alpha value is -1.09. The average molecular weight is 193 g/mol. The first kappa shape index (κ1) is 8.51. The molecular weight excluding hydrogens is 182 g/mol. The fourth-order valence-electron chi connectivity index (χ4n) is 1.45. The molecule has 0 aliphatic rings. The predicted molar refractivity (Wildman–Crippen MR) is 56.5 cm³/mol. The minimum atomic E-state index is 0.129. The first-order valence-corrected chi connectivity index (χ1v) is 5.13. The van der Waals surface area contributed by atoms with Gasteiger partial charge in [-0.25, -0.2) is 0 Å². The quantitative estimate of drug-likeness (QED) is 0.681. The Balaban J connectivity index is 2.86. The molecule has 0 aliphatic carbocycles. The van der Waals surface area contributed by atoms with Crippen LogP contribution in [-0.4, -0.2) is 4.57 Å². The van der Waals surface area contributed by atoms with Crippen LogP contribution < -0.4 is 5.56 Å². The van der Waals surface area contributed by atoms with Crippen molar-refractivity contribution in [2.75, 3.05) is 0 Å². The molecule has 2 aromatic heterocycles. The molecule has 0 aliphatic heterocycles. The van der Waals surface area contributed by atoms with Crippen molar-refractivity contribution in [1.29, 1.82) is 0 Å². The summed E-state index contributed by atoms with van der Waals surface area (Å²) in [5, 5.41) is 0.854. The molecule has 0 spiro atoms. The number of rotatable bonds is 1. The van der Waals surface area contributed by atoms with Gasteiger partial charge < -0.3 is 4.57 Å². The van der Waals surface area contributed by atoms with E-state index in [2.05, 4.69) is 0 Å². The molecule has 0 atom stereocenters. The maximum atomic E-state index is 11.7. The molecule has 0 aromatic carbocycles. The molecule has 2 aromatic rings. The van der Waals surface area contributed by atoms with E-state index >= 15 is 0 Å². The van der Waals surface area contributed by atoms with Gasteiger partial charge in [-0.3, -0.25) is 4.79 Å². The van der Waals surface area contributed by atoms with Gasteiger partial charge in [-0.2, -0.15) is 0 Å². The first-order valence-electron chi connectivity index (χ1n) is 4.32. The van der Waals surface area contributed by atoms with E-state index in [9.17, 15) is 4.79 Å². The van der Waals surface area contributed by atoms with E-state index in [1.165, 1.54) is 4.88 Å². The third kappa shape index (κ3) is 1.29. The van der Waals surface area contributed by atoms with E-state index < -0.39 is 0 Å². The summed E-state index contributed by atoms with van der Waals surface area (Å²) in [5.74, 6) is 0. The smallest absolute Gasteiger partial charge is 0.259 e. The number of fused-ring (bicyclic) bond motifs is 1. The molecule has 0 bridgehead atoms. The van der Waals surface area contributed by atoms with Gasteiger partial charge in [0.05, 0.1) is 5.39 Å². The van der Waals surface area contributed by atoms with Crippen LogP contribution in [0.4, 0.5) is 0 Å². The molecule has 0 saturated carbocycles. The summed E-state index contributed by atoms with van der Waals surface area (Å²) in [6, 6.07) is 3.98. The Bertz CT molecular complexity index is 495. The van der Waals surface area contributed by atoms with E-state index in [0.29, 0.717) is 0 Å². The van der Waals surface area contributed by atoms with Gasteiger partial charge in [0, 0.05) is 22.3 Å². The molecule has 68 valence electrons. The van der Waals surface area contributed by atoms with Crippen LogP contribution in [0.15, 0.2) is 23.1 Å². The van der Waals surface area contributed by atoms with Crippen molar-refractivity contribution in [2.45, 2.75) is 20.4 Å². The second kappa shape index (κ2) is 3.00. The molecule has 13 heavy (non-hydrogen) atoms. The van der Waals surface area contributed by atoms with Gasteiger partial charge in [-0.1, -0.05) is 0 Å². The van der Waals surface area contributed by atoms with E-state index in [1.807, 2.05) is 32.2 Å². The lowest BCUT2D eigenvalue weighted by atomic mass is 10.3. The van der Waals surface area contributed by atoms with Crippen molar-refractivity contribution >= 4 is 21.4 Å². The third-order valence-electron chi connectivity index (χ3n) is 2.12. The summed E-state index contributed by atoms with van der Waals surface area (Å²) in [4.78, 5) is 12.9. The molecule has 3 heteroatoms. The Morgan fingerprint density at radius 1 is 1.54 bits per heavy atom. The van der Waals surface area contributed by atoms with Crippen LogP contribution in [0.25, 0.3) is 10.1 Å². The molecule has 2 nitrogen and oxygen atoms in total. The van der Waals surface area contributed by atoms with Gasteiger partial charge in [0.1, 0.15) is 0 Å². The van der Waals surface area contributed by atoms with Gasteiger partial charge in [-0.05, 0) is 26.0 Å². The largest absolute Gasteiger partial charge is 0.315 e. The van der Waals surface area contributed by atoms with Crippen molar-refractivity contribution in [1.82, 2.24) is 4.57 Å². The van der Waals surface area contributed by atoms with E-state index in [4.69, 9.17) is 0 Å². The Morgan fingerprint density at radius 2 is 2.31 bits per heavy atom. The highest BCUT2D eigenvalue weighted by molar-refractivity contribution is 7.18. The van der Waals surface area contributed by atoms with Crippen LogP contribution in [0.5, 0.6) is 0 Å².